The van der Waals surface area contributed by atoms with Gasteiger partial charge in [-0.3, -0.25) is 4.79 Å². The number of rotatable bonds is 6. The zero-order valence-electron chi connectivity index (χ0n) is 14.8. The molecule has 4 rings (SSSR count). The molecule has 0 N–H and O–H groups in total. The minimum Gasteiger partial charge on any atom is -0.496 e. The van der Waals surface area contributed by atoms with Crippen molar-refractivity contribution < 1.29 is 23.5 Å². The van der Waals surface area contributed by atoms with Crippen LogP contribution < -0.4 is 9.47 Å². The zero-order valence-corrected chi connectivity index (χ0v) is 14.8. The normalized spacial score (nSPS) is 19.0. The first-order valence-corrected chi connectivity index (χ1v) is 8.63. The van der Waals surface area contributed by atoms with Crippen LogP contribution in [0.1, 0.15) is 24.2 Å². The third kappa shape index (κ3) is 3.37. The Labute approximate surface area is 151 Å². The lowest BCUT2D eigenvalue weighted by molar-refractivity contribution is -0.144. The van der Waals surface area contributed by atoms with Gasteiger partial charge in [0.1, 0.15) is 24.2 Å². The van der Waals surface area contributed by atoms with E-state index < -0.39 is 0 Å². The first-order chi connectivity index (χ1) is 12.6. The smallest absolute Gasteiger partial charge is 0.252 e. The van der Waals surface area contributed by atoms with Gasteiger partial charge in [-0.25, -0.2) is 0 Å². The Balaban J connectivity index is 1.28. The lowest BCUT2D eigenvalue weighted by Gasteiger charge is -2.37. The number of aromatic nitrogens is 2. The molecule has 0 spiro atoms. The lowest BCUT2D eigenvalue weighted by Crippen LogP contribution is -2.53. The van der Waals surface area contributed by atoms with Crippen LogP contribution in [-0.4, -0.2) is 53.4 Å². The van der Waals surface area contributed by atoms with Crippen LogP contribution in [0.3, 0.4) is 0 Å². The molecule has 1 amide bonds. The Kier molecular flexibility index (Phi) is 4.50. The van der Waals surface area contributed by atoms with Crippen molar-refractivity contribution in [3.05, 3.63) is 35.5 Å². The second-order valence-corrected chi connectivity index (χ2v) is 6.55. The van der Waals surface area contributed by atoms with Crippen molar-refractivity contribution in [2.75, 3.05) is 20.2 Å². The molecule has 1 atom stereocenters. The number of nitrogens with zero attached hydrogens (tertiary/aromatic N) is 3. The van der Waals surface area contributed by atoms with Crippen LogP contribution in [0.4, 0.5) is 0 Å². The zero-order chi connectivity index (χ0) is 18.1. The topological polar surface area (TPSA) is 86.9 Å². The van der Waals surface area contributed by atoms with Gasteiger partial charge < -0.3 is 23.6 Å². The van der Waals surface area contributed by atoms with Crippen molar-refractivity contribution >= 4 is 5.91 Å². The quantitative estimate of drug-likeness (QED) is 0.770. The average molecular weight is 359 g/mol. The number of likely N-dealkylation sites (tertiary alicyclic amines) is 1. The molecule has 8 nitrogen and oxygen atoms in total. The van der Waals surface area contributed by atoms with Gasteiger partial charge in [-0.05, 0) is 12.1 Å². The lowest BCUT2D eigenvalue weighted by atomic mass is 10.1. The van der Waals surface area contributed by atoms with E-state index in [0.29, 0.717) is 31.2 Å². The molecule has 1 aromatic carbocycles. The largest absolute Gasteiger partial charge is 0.496 e. The van der Waals surface area contributed by atoms with Gasteiger partial charge >= 0.3 is 0 Å². The van der Waals surface area contributed by atoms with Gasteiger partial charge in [-0.1, -0.05) is 11.2 Å². The predicted molar refractivity (Wildman–Crippen MR) is 89.9 cm³/mol. The second-order valence-electron chi connectivity index (χ2n) is 6.55. The number of ether oxygens (including phenoxy) is 3. The monoisotopic (exact) mass is 359 g/mol. The Hall–Kier alpha value is -2.61. The van der Waals surface area contributed by atoms with Crippen LogP contribution in [0.15, 0.2) is 22.7 Å². The van der Waals surface area contributed by atoms with E-state index >= 15 is 0 Å². The van der Waals surface area contributed by atoms with Crippen molar-refractivity contribution in [1.29, 1.82) is 0 Å². The summed E-state index contributed by atoms with van der Waals surface area (Å²) in [6.07, 6.45) is 1.31. The summed E-state index contributed by atoms with van der Waals surface area (Å²) in [6, 6.07) is 5.79. The van der Waals surface area contributed by atoms with Gasteiger partial charge in [-0.2, -0.15) is 4.98 Å². The highest BCUT2D eigenvalue weighted by atomic mass is 16.5. The van der Waals surface area contributed by atoms with E-state index in [1.165, 1.54) is 0 Å². The molecule has 0 radical (unpaired) electrons. The van der Waals surface area contributed by atoms with E-state index in [1.54, 1.807) is 18.9 Å². The molecule has 0 bridgehead atoms. The minimum atomic E-state index is -0.0385. The number of fused-ring (bicyclic) bond motifs is 1. The van der Waals surface area contributed by atoms with Crippen LogP contribution in [0.5, 0.6) is 11.5 Å². The summed E-state index contributed by atoms with van der Waals surface area (Å²) in [5, 5.41) is 4.01. The molecule has 26 heavy (non-hydrogen) atoms. The molecular formula is C18H21N3O5. The maximum atomic E-state index is 11.1. The van der Waals surface area contributed by atoms with Crippen molar-refractivity contribution in [2.24, 2.45) is 0 Å². The summed E-state index contributed by atoms with van der Waals surface area (Å²) in [4.78, 5) is 17.2. The number of methoxy groups -OCH3 is 1. The Bertz CT molecular complexity index is 800. The molecule has 2 aromatic rings. The summed E-state index contributed by atoms with van der Waals surface area (Å²) >= 11 is 0. The summed E-state index contributed by atoms with van der Waals surface area (Å²) < 4.78 is 22.2. The molecule has 1 unspecified atom stereocenters. The van der Waals surface area contributed by atoms with Crippen LogP contribution in [-0.2, 0) is 29.0 Å². The SMILES string of the molecule is COc1cccc2c1CC(Cc1noc(COC3CN(C(C)=O)C3)n1)O2. The fraction of sp³-hybridized carbons (Fsp3) is 0.500. The van der Waals surface area contributed by atoms with Crippen LogP contribution in [0.25, 0.3) is 0 Å². The summed E-state index contributed by atoms with van der Waals surface area (Å²) in [7, 11) is 1.66. The summed E-state index contributed by atoms with van der Waals surface area (Å²) in [5.41, 5.74) is 1.08. The number of hydrogen-bond acceptors (Lipinski definition) is 7. The fourth-order valence-corrected chi connectivity index (χ4v) is 3.24. The molecule has 3 heterocycles. The number of benzene rings is 1. The van der Waals surface area contributed by atoms with Gasteiger partial charge in [0.15, 0.2) is 5.82 Å². The van der Waals surface area contributed by atoms with Gasteiger partial charge in [-0.15, -0.1) is 0 Å². The summed E-state index contributed by atoms with van der Waals surface area (Å²) in [5.74, 6) is 2.79. The second kappa shape index (κ2) is 6.95. The van der Waals surface area contributed by atoms with E-state index in [-0.39, 0.29) is 24.7 Å². The van der Waals surface area contributed by atoms with Crippen molar-refractivity contribution in [3.63, 3.8) is 0 Å². The molecule has 0 saturated carbocycles. The highest BCUT2D eigenvalue weighted by Crippen LogP contribution is 2.36. The molecule has 138 valence electrons. The molecule has 2 aliphatic heterocycles. The van der Waals surface area contributed by atoms with Crippen LogP contribution >= 0.6 is 0 Å². The maximum Gasteiger partial charge on any atom is 0.252 e. The molecule has 8 heteroatoms. The van der Waals surface area contributed by atoms with Crippen molar-refractivity contribution in [2.45, 2.75) is 38.6 Å². The van der Waals surface area contributed by atoms with Crippen LogP contribution in [0, 0.1) is 0 Å². The first kappa shape index (κ1) is 16.8. The summed E-state index contributed by atoms with van der Waals surface area (Å²) in [6.45, 7) is 3.04. The van der Waals surface area contributed by atoms with Gasteiger partial charge in [0.05, 0.1) is 13.2 Å². The number of amides is 1. The molecule has 1 fully saturated rings. The maximum absolute atomic E-state index is 11.1. The van der Waals surface area contributed by atoms with Crippen molar-refractivity contribution in [3.8, 4) is 11.5 Å². The molecule has 0 aliphatic carbocycles. The fourth-order valence-electron chi connectivity index (χ4n) is 3.24. The minimum absolute atomic E-state index is 0.0365. The van der Waals surface area contributed by atoms with Gasteiger partial charge in [0, 0.05) is 38.4 Å². The van der Waals surface area contributed by atoms with Crippen molar-refractivity contribution in [1.82, 2.24) is 15.0 Å². The molecular weight excluding hydrogens is 338 g/mol. The van der Waals surface area contributed by atoms with E-state index in [1.807, 2.05) is 18.2 Å². The van der Waals surface area contributed by atoms with Gasteiger partial charge in [0.2, 0.25) is 5.91 Å². The molecule has 1 saturated heterocycles. The molecule has 2 aliphatic rings. The first-order valence-electron chi connectivity index (χ1n) is 8.63. The number of hydrogen-bond donors (Lipinski definition) is 0. The van der Waals surface area contributed by atoms with E-state index in [9.17, 15) is 4.79 Å². The van der Waals surface area contributed by atoms with E-state index in [4.69, 9.17) is 18.7 Å². The Morgan fingerprint density at radius 3 is 3.00 bits per heavy atom. The van der Waals surface area contributed by atoms with Gasteiger partial charge in [0.25, 0.3) is 5.89 Å². The third-order valence-corrected chi connectivity index (χ3v) is 4.69. The third-order valence-electron chi connectivity index (χ3n) is 4.69. The number of carbonyl (C=O) groups is 1. The Morgan fingerprint density at radius 2 is 2.23 bits per heavy atom. The Morgan fingerprint density at radius 1 is 1.38 bits per heavy atom. The van der Waals surface area contributed by atoms with Crippen LogP contribution in [0.2, 0.25) is 0 Å². The standard InChI is InChI=1S/C18H21N3O5/c1-11(22)21-8-13(9-21)24-10-18-19-17(20-26-18)7-12-6-14-15(23-2)4-3-5-16(14)25-12/h3-5,12-13H,6-10H2,1-2H3. The highest BCUT2D eigenvalue weighted by molar-refractivity contribution is 5.74. The predicted octanol–water partition coefficient (Wildman–Crippen LogP) is 1.37. The average Bonchev–Trinajstić information content (AvgIpc) is 3.19. The number of carbonyl (C=O) groups excluding carboxylic acids is 1. The van der Waals surface area contributed by atoms with E-state index in [0.717, 1.165) is 23.5 Å². The van der Waals surface area contributed by atoms with E-state index in [2.05, 4.69) is 10.1 Å². The highest BCUT2D eigenvalue weighted by Gasteiger charge is 2.30. The molecule has 1 aromatic heterocycles.